The van der Waals surface area contributed by atoms with E-state index in [9.17, 15) is 9.59 Å². The van der Waals surface area contributed by atoms with Crippen molar-refractivity contribution in [2.45, 2.75) is 45.3 Å². The molecule has 0 radical (unpaired) electrons. The van der Waals surface area contributed by atoms with Crippen LogP contribution in [-0.2, 0) is 17.9 Å². The summed E-state index contributed by atoms with van der Waals surface area (Å²) in [5, 5.41) is 0. The van der Waals surface area contributed by atoms with Crippen molar-refractivity contribution in [3.05, 3.63) is 70.6 Å². The minimum absolute atomic E-state index is 0.0165. The average molecular weight is 363 g/mol. The van der Waals surface area contributed by atoms with Crippen LogP contribution in [0.1, 0.15) is 37.8 Å². The summed E-state index contributed by atoms with van der Waals surface area (Å²) < 4.78 is 3.41. The smallest absolute Gasteiger partial charge is 0.329 e. The van der Waals surface area contributed by atoms with Gasteiger partial charge in [-0.05, 0) is 37.0 Å². The van der Waals surface area contributed by atoms with E-state index in [1.54, 1.807) is 9.13 Å². The number of hydrogen-bond acceptors (Lipinski definition) is 2. The molecule has 2 heterocycles. The first-order valence-electron chi connectivity index (χ1n) is 9.73. The van der Waals surface area contributed by atoms with E-state index >= 15 is 0 Å². The van der Waals surface area contributed by atoms with Crippen LogP contribution in [0.25, 0.3) is 11.0 Å². The molecule has 1 atom stereocenters. The molecule has 2 aromatic carbocycles. The summed E-state index contributed by atoms with van der Waals surface area (Å²) in [6.07, 6.45) is 2.85. The molecule has 3 aromatic rings. The quantitative estimate of drug-likeness (QED) is 0.696. The lowest BCUT2D eigenvalue weighted by Gasteiger charge is -2.25. The van der Waals surface area contributed by atoms with Gasteiger partial charge in [0.2, 0.25) is 5.91 Å². The average Bonchev–Trinajstić information content (AvgIpc) is 3.29. The Morgan fingerprint density at radius 1 is 1.00 bits per heavy atom. The Morgan fingerprint density at radius 2 is 1.67 bits per heavy atom. The SMILES string of the molecule is CCCn1c(=O)n(CC(=O)N2CCCC2c2ccccc2)c2ccccc21. The molecule has 27 heavy (non-hydrogen) atoms. The number of aromatic nitrogens is 2. The standard InChI is InChI=1S/C22H25N3O2/c1-2-14-24-19-11-6-7-12-20(19)25(22(24)27)16-21(26)23-15-8-13-18(23)17-9-4-3-5-10-17/h3-7,9-12,18H,2,8,13-16H2,1H3. The zero-order valence-corrected chi connectivity index (χ0v) is 15.7. The van der Waals surface area contributed by atoms with Crippen LogP contribution in [0, 0.1) is 0 Å². The first kappa shape index (κ1) is 17.6. The Morgan fingerprint density at radius 3 is 2.37 bits per heavy atom. The lowest BCUT2D eigenvalue weighted by molar-refractivity contribution is -0.132. The van der Waals surface area contributed by atoms with Gasteiger partial charge in [-0.2, -0.15) is 0 Å². The highest BCUT2D eigenvalue weighted by Crippen LogP contribution is 2.32. The second kappa shape index (κ2) is 7.43. The number of likely N-dealkylation sites (tertiary alicyclic amines) is 1. The number of carbonyl (C=O) groups excluding carboxylic acids is 1. The molecule has 1 fully saturated rings. The van der Waals surface area contributed by atoms with Gasteiger partial charge in [-0.3, -0.25) is 13.9 Å². The highest BCUT2D eigenvalue weighted by molar-refractivity contribution is 5.81. The number of carbonyl (C=O) groups is 1. The summed E-state index contributed by atoms with van der Waals surface area (Å²) in [4.78, 5) is 28.0. The van der Waals surface area contributed by atoms with Crippen LogP contribution in [0.2, 0.25) is 0 Å². The van der Waals surface area contributed by atoms with Crippen molar-refractivity contribution in [3.63, 3.8) is 0 Å². The molecule has 0 saturated carbocycles. The monoisotopic (exact) mass is 363 g/mol. The van der Waals surface area contributed by atoms with Gasteiger partial charge in [0.25, 0.3) is 0 Å². The second-order valence-electron chi connectivity index (χ2n) is 7.16. The fraction of sp³-hybridized carbons (Fsp3) is 0.364. The number of nitrogens with zero attached hydrogens (tertiary/aromatic N) is 3. The minimum atomic E-state index is -0.0955. The van der Waals surface area contributed by atoms with Crippen molar-refractivity contribution >= 4 is 16.9 Å². The predicted molar refractivity (Wildman–Crippen MR) is 107 cm³/mol. The van der Waals surface area contributed by atoms with Crippen LogP contribution in [0.5, 0.6) is 0 Å². The molecule has 0 aliphatic carbocycles. The first-order chi connectivity index (χ1) is 13.2. The van der Waals surface area contributed by atoms with E-state index in [0.29, 0.717) is 6.54 Å². The Balaban J connectivity index is 1.65. The summed E-state index contributed by atoms with van der Waals surface area (Å²) >= 11 is 0. The molecule has 0 bridgehead atoms. The van der Waals surface area contributed by atoms with Crippen molar-refractivity contribution in [2.24, 2.45) is 0 Å². The third kappa shape index (κ3) is 3.18. The first-order valence-corrected chi connectivity index (χ1v) is 9.73. The van der Waals surface area contributed by atoms with Gasteiger partial charge in [0.15, 0.2) is 0 Å². The van der Waals surface area contributed by atoms with Gasteiger partial charge < -0.3 is 4.90 Å². The second-order valence-corrected chi connectivity index (χ2v) is 7.16. The third-order valence-corrected chi connectivity index (χ3v) is 5.42. The van der Waals surface area contributed by atoms with Crippen molar-refractivity contribution in [2.75, 3.05) is 6.54 Å². The number of para-hydroxylation sites is 2. The van der Waals surface area contributed by atoms with Crippen molar-refractivity contribution in [1.29, 1.82) is 0 Å². The van der Waals surface area contributed by atoms with Crippen LogP contribution in [0.15, 0.2) is 59.4 Å². The minimum Gasteiger partial charge on any atom is -0.334 e. The number of amides is 1. The van der Waals surface area contributed by atoms with Crippen LogP contribution >= 0.6 is 0 Å². The number of hydrogen-bond donors (Lipinski definition) is 0. The number of imidazole rings is 1. The van der Waals surface area contributed by atoms with E-state index in [-0.39, 0.29) is 24.2 Å². The van der Waals surface area contributed by atoms with Gasteiger partial charge in [0.05, 0.1) is 17.1 Å². The molecular weight excluding hydrogens is 338 g/mol. The molecule has 1 aliphatic rings. The van der Waals surface area contributed by atoms with E-state index in [0.717, 1.165) is 36.8 Å². The van der Waals surface area contributed by atoms with E-state index in [1.165, 1.54) is 5.56 Å². The lowest BCUT2D eigenvalue weighted by atomic mass is 10.0. The molecule has 1 saturated heterocycles. The number of rotatable bonds is 5. The van der Waals surface area contributed by atoms with Gasteiger partial charge >= 0.3 is 5.69 Å². The molecule has 140 valence electrons. The maximum Gasteiger partial charge on any atom is 0.329 e. The van der Waals surface area contributed by atoms with Crippen molar-refractivity contribution in [1.82, 2.24) is 14.0 Å². The van der Waals surface area contributed by atoms with Gasteiger partial charge in [0, 0.05) is 13.1 Å². The Kier molecular flexibility index (Phi) is 4.84. The van der Waals surface area contributed by atoms with E-state index in [2.05, 4.69) is 19.1 Å². The van der Waals surface area contributed by atoms with Gasteiger partial charge in [0.1, 0.15) is 6.54 Å². The third-order valence-electron chi connectivity index (χ3n) is 5.42. The highest BCUT2D eigenvalue weighted by atomic mass is 16.2. The molecule has 1 aliphatic heterocycles. The predicted octanol–water partition coefficient (Wildman–Crippen LogP) is 3.58. The van der Waals surface area contributed by atoms with Gasteiger partial charge in [-0.15, -0.1) is 0 Å². The molecule has 1 amide bonds. The van der Waals surface area contributed by atoms with Gasteiger partial charge in [-0.25, -0.2) is 4.79 Å². The zero-order chi connectivity index (χ0) is 18.8. The molecule has 5 heteroatoms. The number of aryl methyl sites for hydroxylation is 1. The number of fused-ring (bicyclic) bond motifs is 1. The summed E-state index contributed by atoms with van der Waals surface area (Å²) in [6, 6.07) is 18.0. The van der Waals surface area contributed by atoms with Crippen LogP contribution in [0.3, 0.4) is 0 Å². The Bertz CT molecular complexity index is 1000. The molecule has 5 nitrogen and oxygen atoms in total. The molecule has 0 N–H and O–H groups in total. The van der Waals surface area contributed by atoms with Crippen molar-refractivity contribution < 1.29 is 4.79 Å². The molecular formula is C22H25N3O2. The van der Waals surface area contributed by atoms with Crippen LogP contribution in [0.4, 0.5) is 0 Å². The van der Waals surface area contributed by atoms with Crippen LogP contribution in [-0.4, -0.2) is 26.5 Å². The lowest BCUT2D eigenvalue weighted by Crippen LogP contribution is -2.36. The van der Waals surface area contributed by atoms with E-state index in [4.69, 9.17) is 0 Å². The largest absolute Gasteiger partial charge is 0.334 e. The summed E-state index contributed by atoms with van der Waals surface area (Å²) in [7, 11) is 0. The topological polar surface area (TPSA) is 47.2 Å². The Hall–Kier alpha value is -2.82. The molecule has 1 aromatic heterocycles. The Labute approximate surface area is 158 Å². The number of benzene rings is 2. The summed E-state index contributed by atoms with van der Waals surface area (Å²) in [5.74, 6) is 0.0165. The highest BCUT2D eigenvalue weighted by Gasteiger charge is 2.30. The van der Waals surface area contributed by atoms with Crippen LogP contribution < -0.4 is 5.69 Å². The summed E-state index contributed by atoms with van der Waals surface area (Å²) in [6.45, 7) is 3.56. The molecule has 0 spiro atoms. The molecule has 4 rings (SSSR count). The maximum atomic E-state index is 13.1. The molecule has 1 unspecified atom stereocenters. The van der Waals surface area contributed by atoms with Gasteiger partial charge in [-0.1, -0.05) is 49.4 Å². The van der Waals surface area contributed by atoms with E-state index in [1.807, 2.05) is 47.4 Å². The van der Waals surface area contributed by atoms with Crippen molar-refractivity contribution in [3.8, 4) is 0 Å². The van der Waals surface area contributed by atoms with E-state index < -0.39 is 0 Å². The fourth-order valence-corrected chi connectivity index (χ4v) is 4.18. The normalized spacial score (nSPS) is 16.9. The zero-order valence-electron chi connectivity index (χ0n) is 15.7. The fourth-order valence-electron chi connectivity index (χ4n) is 4.18. The summed E-state index contributed by atoms with van der Waals surface area (Å²) in [5.41, 5.74) is 2.81. The maximum absolute atomic E-state index is 13.1.